The zero-order chi connectivity index (χ0) is 24.7. The first-order chi connectivity index (χ1) is 16.3. The molecular weight excluding hydrogens is 485 g/mol. The molecule has 0 bridgehead atoms. The van der Waals surface area contributed by atoms with E-state index in [-0.39, 0.29) is 33.7 Å². The van der Waals surface area contributed by atoms with Crippen molar-refractivity contribution < 1.29 is 28.7 Å². The molecule has 0 amide bonds. The molecule has 0 aromatic heterocycles. The summed E-state index contributed by atoms with van der Waals surface area (Å²) in [6, 6.07) is 15.7. The van der Waals surface area contributed by atoms with Crippen molar-refractivity contribution in [2.24, 2.45) is 0 Å². The minimum Gasteiger partial charge on any atom is -0.503 e. The third-order valence-corrected chi connectivity index (χ3v) is 5.14. The number of rotatable bonds is 9. The molecule has 3 aromatic carbocycles. The maximum Gasteiger partial charge on any atom is 0.341 e. The molecule has 0 atom stereocenters. The van der Waals surface area contributed by atoms with Crippen LogP contribution in [0.25, 0.3) is 5.57 Å². The smallest absolute Gasteiger partial charge is 0.341 e. The predicted molar refractivity (Wildman–Crippen MR) is 127 cm³/mol. The van der Waals surface area contributed by atoms with Crippen molar-refractivity contribution in [3.8, 4) is 17.2 Å². The average molecular weight is 504 g/mol. The molecule has 0 saturated heterocycles. The summed E-state index contributed by atoms with van der Waals surface area (Å²) in [5.74, 6) is 0.336. The van der Waals surface area contributed by atoms with E-state index < -0.39 is 10.9 Å². The van der Waals surface area contributed by atoms with Crippen LogP contribution in [0.15, 0.2) is 66.9 Å². The SMILES string of the molecule is COC=C(C(=O)OC)c1ccccc1COc1cc(Cl)c(Oc2ccc([N+](=O)[O-])cc2)c(Cl)c1. The lowest BCUT2D eigenvalue weighted by atomic mass is 10.0. The van der Waals surface area contributed by atoms with E-state index >= 15 is 0 Å². The van der Waals surface area contributed by atoms with E-state index in [1.54, 1.807) is 18.2 Å². The lowest BCUT2D eigenvalue weighted by Crippen LogP contribution is -2.08. The quantitative estimate of drug-likeness (QED) is 0.109. The second-order valence-electron chi connectivity index (χ2n) is 6.77. The summed E-state index contributed by atoms with van der Waals surface area (Å²) in [5.41, 5.74) is 1.47. The monoisotopic (exact) mass is 503 g/mol. The first-order valence-electron chi connectivity index (χ1n) is 9.77. The highest BCUT2D eigenvalue weighted by atomic mass is 35.5. The summed E-state index contributed by atoms with van der Waals surface area (Å²) in [7, 11) is 2.72. The molecule has 0 aliphatic carbocycles. The zero-order valence-corrected chi connectivity index (χ0v) is 19.6. The van der Waals surface area contributed by atoms with E-state index in [4.69, 9.17) is 42.1 Å². The van der Waals surface area contributed by atoms with Gasteiger partial charge >= 0.3 is 5.97 Å². The molecule has 3 rings (SSSR count). The Morgan fingerprint density at radius 2 is 1.65 bits per heavy atom. The first kappa shape index (κ1) is 24.9. The highest BCUT2D eigenvalue weighted by molar-refractivity contribution is 6.37. The van der Waals surface area contributed by atoms with Gasteiger partial charge in [0.25, 0.3) is 5.69 Å². The van der Waals surface area contributed by atoms with Crippen LogP contribution in [0.3, 0.4) is 0 Å². The van der Waals surface area contributed by atoms with E-state index in [2.05, 4.69) is 0 Å². The molecule has 8 nitrogen and oxygen atoms in total. The van der Waals surface area contributed by atoms with Crippen molar-refractivity contribution >= 4 is 40.4 Å². The molecule has 0 spiro atoms. The Balaban J connectivity index is 1.79. The Bertz CT molecular complexity index is 1200. The number of hydrogen-bond acceptors (Lipinski definition) is 7. The third kappa shape index (κ3) is 5.98. The van der Waals surface area contributed by atoms with Crippen LogP contribution in [-0.4, -0.2) is 25.1 Å². The Labute approximate surface area is 205 Å². The van der Waals surface area contributed by atoms with E-state index in [1.165, 1.54) is 56.9 Å². The summed E-state index contributed by atoms with van der Waals surface area (Å²) >= 11 is 12.7. The molecule has 0 N–H and O–H groups in total. The number of nitro groups is 1. The van der Waals surface area contributed by atoms with E-state index in [9.17, 15) is 14.9 Å². The van der Waals surface area contributed by atoms with Gasteiger partial charge in [-0.15, -0.1) is 0 Å². The second-order valence-corrected chi connectivity index (χ2v) is 7.59. The number of methoxy groups -OCH3 is 2. The Hall–Kier alpha value is -3.75. The lowest BCUT2D eigenvalue weighted by molar-refractivity contribution is -0.384. The minimum absolute atomic E-state index is 0.0655. The standard InChI is InChI=1S/C24H19Cl2NO7/c1-31-14-20(24(28)32-2)19-6-4-3-5-15(19)13-33-18-11-21(25)23(22(26)12-18)34-17-9-7-16(8-10-17)27(29)30/h3-12,14H,13H2,1-2H3. The van der Waals surface area contributed by atoms with Crippen LogP contribution in [0.2, 0.25) is 10.0 Å². The van der Waals surface area contributed by atoms with Crippen molar-refractivity contribution in [2.45, 2.75) is 6.61 Å². The number of benzene rings is 3. The van der Waals surface area contributed by atoms with Crippen LogP contribution in [0, 0.1) is 10.1 Å². The molecule has 0 heterocycles. The van der Waals surface area contributed by atoms with Gasteiger partial charge in [0.1, 0.15) is 23.7 Å². The highest BCUT2D eigenvalue weighted by Crippen LogP contribution is 2.40. The van der Waals surface area contributed by atoms with Gasteiger partial charge in [-0.2, -0.15) is 0 Å². The largest absolute Gasteiger partial charge is 0.503 e. The molecule has 34 heavy (non-hydrogen) atoms. The van der Waals surface area contributed by atoms with Gasteiger partial charge < -0.3 is 18.9 Å². The maximum atomic E-state index is 12.2. The fraction of sp³-hybridized carbons (Fsp3) is 0.125. The fourth-order valence-electron chi connectivity index (χ4n) is 2.99. The summed E-state index contributed by atoms with van der Waals surface area (Å²) in [6.45, 7) is 0.101. The number of nitrogens with zero attached hydrogens (tertiary/aromatic N) is 1. The molecule has 0 unspecified atom stereocenters. The Morgan fingerprint density at radius 3 is 2.24 bits per heavy atom. The normalized spacial score (nSPS) is 11.0. The summed E-state index contributed by atoms with van der Waals surface area (Å²) in [4.78, 5) is 22.5. The minimum atomic E-state index is -0.548. The van der Waals surface area contributed by atoms with Gasteiger partial charge in [0, 0.05) is 24.3 Å². The van der Waals surface area contributed by atoms with Crippen LogP contribution in [-0.2, 0) is 20.9 Å². The molecular formula is C24H19Cl2NO7. The summed E-state index contributed by atoms with van der Waals surface area (Å²) in [5, 5.41) is 11.2. The van der Waals surface area contributed by atoms with Gasteiger partial charge in [0.05, 0.1) is 35.5 Å². The van der Waals surface area contributed by atoms with Gasteiger partial charge in [0.2, 0.25) is 0 Å². The van der Waals surface area contributed by atoms with E-state index in [0.29, 0.717) is 22.6 Å². The van der Waals surface area contributed by atoms with Crippen LogP contribution < -0.4 is 9.47 Å². The topological polar surface area (TPSA) is 97.1 Å². The van der Waals surface area contributed by atoms with Crippen molar-refractivity contribution in [2.75, 3.05) is 14.2 Å². The van der Waals surface area contributed by atoms with Gasteiger partial charge in [-0.05, 0) is 23.3 Å². The van der Waals surface area contributed by atoms with Crippen molar-refractivity contribution in [1.29, 1.82) is 0 Å². The van der Waals surface area contributed by atoms with Crippen LogP contribution >= 0.6 is 23.2 Å². The molecule has 0 aliphatic heterocycles. The highest BCUT2D eigenvalue weighted by Gasteiger charge is 2.18. The zero-order valence-electron chi connectivity index (χ0n) is 18.1. The number of nitro benzene ring substituents is 1. The molecule has 0 saturated carbocycles. The summed E-state index contributed by atoms with van der Waals surface area (Å²) < 4.78 is 21.4. The van der Waals surface area contributed by atoms with Crippen LogP contribution in [0.4, 0.5) is 5.69 Å². The lowest BCUT2D eigenvalue weighted by Gasteiger charge is -2.14. The van der Waals surface area contributed by atoms with Gasteiger partial charge in [0.15, 0.2) is 5.75 Å². The van der Waals surface area contributed by atoms with E-state index in [1.807, 2.05) is 6.07 Å². The Morgan fingerprint density at radius 1 is 1.00 bits per heavy atom. The number of ether oxygens (including phenoxy) is 4. The number of non-ortho nitro benzene ring substituents is 1. The van der Waals surface area contributed by atoms with Gasteiger partial charge in [-0.25, -0.2) is 4.79 Å². The second kappa shape index (κ2) is 11.4. The Kier molecular flexibility index (Phi) is 8.34. The molecule has 0 radical (unpaired) electrons. The molecule has 3 aromatic rings. The van der Waals surface area contributed by atoms with Crippen LogP contribution in [0.1, 0.15) is 11.1 Å². The number of hydrogen-bond donors (Lipinski definition) is 0. The van der Waals surface area contributed by atoms with Gasteiger partial charge in [-0.1, -0.05) is 47.5 Å². The van der Waals surface area contributed by atoms with Crippen molar-refractivity contribution in [3.05, 3.63) is 98.2 Å². The number of halogens is 2. The molecule has 176 valence electrons. The molecule has 0 aliphatic rings. The van der Waals surface area contributed by atoms with Gasteiger partial charge in [-0.3, -0.25) is 10.1 Å². The predicted octanol–water partition coefficient (Wildman–Crippen LogP) is 6.43. The fourth-order valence-corrected chi connectivity index (χ4v) is 3.53. The molecule has 0 fully saturated rings. The van der Waals surface area contributed by atoms with Crippen LogP contribution in [0.5, 0.6) is 17.2 Å². The number of carbonyl (C=O) groups is 1. The van der Waals surface area contributed by atoms with Crippen molar-refractivity contribution in [1.82, 2.24) is 0 Å². The molecule has 10 heteroatoms. The van der Waals surface area contributed by atoms with E-state index in [0.717, 1.165) is 0 Å². The average Bonchev–Trinajstić information content (AvgIpc) is 2.83. The third-order valence-electron chi connectivity index (χ3n) is 4.58. The maximum absolute atomic E-state index is 12.2. The summed E-state index contributed by atoms with van der Waals surface area (Å²) in [6.07, 6.45) is 1.31. The number of esters is 1. The van der Waals surface area contributed by atoms with Crippen molar-refractivity contribution in [3.63, 3.8) is 0 Å². The number of carbonyl (C=O) groups excluding carboxylic acids is 1. The first-order valence-corrected chi connectivity index (χ1v) is 10.5.